The molecule has 0 aliphatic carbocycles. The van der Waals surface area contributed by atoms with Crippen LogP contribution in [0.15, 0.2) is 12.3 Å². The van der Waals surface area contributed by atoms with Crippen molar-refractivity contribution < 1.29 is 9.53 Å². The Labute approximate surface area is 70.1 Å². The number of ether oxygens (including phenoxy) is 1. The van der Waals surface area contributed by atoms with E-state index in [2.05, 4.69) is 9.84 Å². The van der Waals surface area contributed by atoms with Crippen molar-refractivity contribution in [1.29, 1.82) is 0 Å². The summed E-state index contributed by atoms with van der Waals surface area (Å²) in [4.78, 5) is 10.7. The van der Waals surface area contributed by atoms with Crippen LogP contribution in [-0.4, -0.2) is 22.9 Å². The molecule has 0 aliphatic rings. The van der Waals surface area contributed by atoms with Crippen molar-refractivity contribution in [2.75, 3.05) is 12.8 Å². The van der Waals surface area contributed by atoms with Crippen LogP contribution in [0.1, 0.15) is 6.42 Å². The standard InChI is InChI=1S/C7H11N3O2/c1-12-7(11)3-5-10-4-2-6(8)9-10/h2,4H,3,5H2,1H3,(H2,8,9). The number of rotatable bonds is 3. The first-order valence-electron chi connectivity index (χ1n) is 3.58. The van der Waals surface area contributed by atoms with E-state index in [4.69, 9.17) is 5.73 Å². The molecule has 0 spiro atoms. The third kappa shape index (κ3) is 2.26. The molecule has 5 nitrogen and oxygen atoms in total. The van der Waals surface area contributed by atoms with Crippen molar-refractivity contribution in [3.05, 3.63) is 12.3 Å². The predicted molar refractivity (Wildman–Crippen MR) is 43.3 cm³/mol. The number of hydrogen-bond donors (Lipinski definition) is 1. The number of carbonyl (C=O) groups is 1. The van der Waals surface area contributed by atoms with Crippen molar-refractivity contribution in [2.45, 2.75) is 13.0 Å². The van der Waals surface area contributed by atoms with E-state index in [0.29, 0.717) is 18.8 Å². The number of aryl methyl sites for hydroxylation is 1. The molecule has 0 saturated heterocycles. The van der Waals surface area contributed by atoms with Crippen molar-refractivity contribution in [3.8, 4) is 0 Å². The van der Waals surface area contributed by atoms with Gasteiger partial charge < -0.3 is 10.5 Å². The van der Waals surface area contributed by atoms with Gasteiger partial charge in [-0.2, -0.15) is 5.10 Å². The van der Waals surface area contributed by atoms with Crippen LogP contribution in [0.5, 0.6) is 0 Å². The lowest BCUT2D eigenvalue weighted by Gasteiger charge is -1.98. The fourth-order valence-corrected chi connectivity index (χ4v) is 0.810. The van der Waals surface area contributed by atoms with E-state index in [1.54, 1.807) is 16.9 Å². The van der Waals surface area contributed by atoms with Crippen LogP contribution < -0.4 is 5.73 Å². The van der Waals surface area contributed by atoms with Crippen molar-refractivity contribution in [2.24, 2.45) is 0 Å². The second-order valence-corrected chi connectivity index (χ2v) is 2.33. The summed E-state index contributed by atoms with van der Waals surface area (Å²) in [5.41, 5.74) is 5.37. The van der Waals surface area contributed by atoms with Gasteiger partial charge in [-0.15, -0.1) is 0 Å². The number of anilines is 1. The molecule has 0 amide bonds. The summed E-state index contributed by atoms with van der Waals surface area (Å²) in [6, 6.07) is 1.68. The van der Waals surface area contributed by atoms with Crippen LogP contribution in [0.2, 0.25) is 0 Å². The summed E-state index contributed by atoms with van der Waals surface area (Å²) in [6.07, 6.45) is 2.04. The minimum atomic E-state index is -0.246. The third-order valence-electron chi connectivity index (χ3n) is 1.43. The summed E-state index contributed by atoms with van der Waals surface area (Å²) >= 11 is 0. The normalized spacial score (nSPS) is 9.75. The number of hydrogen-bond acceptors (Lipinski definition) is 4. The molecule has 5 heteroatoms. The molecule has 12 heavy (non-hydrogen) atoms. The van der Waals surface area contributed by atoms with E-state index >= 15 is 0 Å². The first kappa shape index (κ1) is 8.58. The summed E-state index contributed by atoms with van der Waals surface area (Å²) in [6.45, 7) is 0.504. The van der Waals surface area contributed by atoms with Gasteiger partial charge in [0.05, 0.1) is 20.1 Å². The van der Waals surface area contributed by atoms with Crippen LogP contribution in [0.4, 0.5) is 5.82 Å². The average Bonchev–Trinajstić information content (AvgIpc) is 2.47. The van der Waals surface area contributed by atoms with Crippen molar-refractivity contribution in [3.63, 3.8) is 0 Å². The molecule has 0 unspecified atom stereocenters. The first-order valence-corrected chi connectivity index (χ1v) is 3.58. The van der Waals surface area contributed by atoms with Gasteiger partial charge in [0.15, 0.2) is 0 Å². The predicted octanol–water partition coefficient (Wildman–Crippen LogP) is 0.0284. The van der Waals surface area contributed by atoms with Crippen molar-refractivity contribution in [1.82, 2.24) is 9.78 Å². The quantitative estimate of drug-likeness (QED) is 0.648. The van der Waals surface area contributed by atoms with Crippen LogP contribution >= 0.6 is 0 Å². The van der Waals surface area contributed by atoms with Gasteiger partial charge >= 0.3 is 5.97 Å². The molecule has 0 fully saturated rings. The zero-order chi connectivity index (χ0) is 8.97. The Morgan fingerprint density at radius 1 is 1.83 bits per heavy atom. The lowest BCUT2D eigenvalue weighted by molar-refractivity contribution is -0.140. The molecule has 0 radical (unpaired) electrons. The third-order valence-corrected chi connectivity index (χ3v) is 1.43. The first-order chi connectivity index (χ1) is 5.72. The van der Waals surface area contributed by atoms with Crippen LogP contribution in [0, 0.1) is 0 Å². The fraction of sp³-hybridized carbons (Fsp3) is 0.429. The van der Waals surface area contributed by atoms with Gasteiger partial charge in [-0.05, 0) is 6.07 Å². The number of aromatic nitrogens is 2. The lowest BCUT2D eigenvalue weighted by Crippen LogP contribution is -2.07. The molecule has 0 aromatic carbocycles. The SMILES string of the molecule is COC(=O)CCn1ccc(N)n1. The molecule has 1 aromatic rings. The maximum absolute atomic E-state index is 10.7. The number of carbonyl (C=O) groups excluding carboxylic acids is 1. The van der Waals surface area contributed by atoms with E-state index < -0.39 is 0 Å². The number of nitrogens with zero attached hydrogens (tertiary/aromatic N) is 2. The van der Waals surface area contributed by atoms with Crippen molar-refractivity contribution >= 4 is 11.8 Å². The Hall–Kier alpha value is -1.52. The number of nitrogens with two attached hydrogens (primary N) is 1. The summed E-state index contributed by atoms with van der Waals surface area (Å²) in [7, 11) is 1.36. The highest BCUT2D eigenvalue weighted by Crippen LogP contribution is 1.97. The minimum absolute atomic E-state index is 0.246. The highest BCUT2D eigenvalue weighted by molar-refractivity contribution is 5.68. The molecule has 1 aromatic heterocycles. The van der Waals surface area contributed by atoms with Gasteiger partial charge in [0.2, 0.25) is 0 Å². The maximum atomic E-state index is 10.7. The molecular formula is C7H11N3O2. The Kier molecular flexibility index (Phi) is 2.68. The molecule has 0 aliphatic heterocycles. The molecule has 66 valence electrons. The zero-order valence-corrected chi connectivity index (χ0v) is 6.86. The lowest BCUT2D eigenvalue weighted by atomic mass is 10.4. The molecule has 0 atom stereocenters. The van der Waals surface area contributed by atoms with Gasteiger partial charge in [0.1, 0.15) is 5.82 Å². The maximum Gasteiger partial charge on any atom is 0.307 e. The smallest absolute Gasteiger partial charge is 0.307 e. The summed E-state index contributed by atoms with van der Waals surface area (Å²) < 4.78 is 6.07. The fourth-order valence-electron chi connectivity index (χ4n) is 0.810. The highest BCUT2D eigenvalue weighted by atomic mass is 16.5. The Morgan fingerprint density at radius 2 is 2.58 bits per heavy atom. The van der Waals surface area contributed by atoms with Gasteiger partial charge in [-0.25, -0.2) is 0 Å². The van der Waals surface area contributed by atoms with E-state index in [1.165, 1.54) is 7.11 Å². The largest absolute Gasteiger partial charge is 0.469 e. The van der Waals surface area contributed by atoms with E-state index in [9.17, 15) is 4.79 Å². The molecule has 1 rings (SSSR count). The van der Waals surface area contributed by atoms with Gasteiger partial charge in [0.25, 0.3) is 0 Å². The zero-order valence-electron chi connectivity index (χ0n) is 6.86. The molecule has 0 saturated carbocycles. The number of methoxy groups -OCH3 is 1. The number of nitrogen functional groups attached to an aromatic ring is 1. The molecule has 1 heterocycles. The Bertz CT molecular complexity index is 269. The van der Waals surface area contributed by atoms with Crippen LogP contribution in [0.25, 0.3) is 0 Å². The summed E-state index contributed by atoms with van der Waals surface area (Å²) in [5.74, 6) is 0.212. The molecular weight excluding hydrogens is 158 g/mol. The average molecular weight is 169 g/mol. The van der Waals surface area contributed by atoms with Gasteiger partial charge in [-0.1, -0.05) is 0 Å². The monoisotopic (exact) mass is 169 g/mol. The highest BCUT2D eigenvalue weighted by Gasteiger charge is 2.00. The van der Waals surface area contributed by atoms with E-state index in [-0.39, 0.29) is 5.97 Å². The number of esters is 1. The van der Waals surface area contributed by atoms with E-state index in [0.717, 1.165) is 0 Å². The topological polar surface area (TPSA) is 70.1 Å². The second-order valence-electron chi connectivity index (χ2n) is 2.33. The Morgan fingerprint density at radius 3 is 3.08 bits per heavy atom. The van der Waals surface area contributed by atoms with Crippen LogP contribution in [0.3, 0.4) is 0 Å². The van der Waals surface area contributed by atoms with Gasteiger partial charge in [0, 0.05) is 6.20 Å². The van der Waals surface area contributed by atoms with Crippen LogP contribution in [-0.2, 0) is 16.1 Å². The van der Waals surface area contributed by atoms with Gasteiger partial charge in [-0.3, -0.25) is 9.48 Å². The minimum Gasteiger partial charge on any atom is -0.469 e. The molecule has 0 bridgehead atoms. The Balaban J connectivity index is 2.38. The molecule has 2 N–H and O–H groups in total. The van der Waals surface area contributed by atoms with E-state index in [1.807, 2.05) is 0 Å². The second kappa shape index (κ2) is 3.75. The summed E-state index contributed by atoms with van der Waals surface area (Å²) in [5, 5.41) is 3.90.